The van der Waals surface area contributed by atoms with Crippen molar-refractivity contribution in [2.24, 2.45) is 0 Å². The van der Waals surface area contributed by atoms with Crippen LogP contribution in [0.3, 0.4) is 0 Å². The molecule has 2 N–H and O–H groups in total. The van der Waals surface area contributed by atoms with Gasteiger partial charge in [-0.15, -0.1) is 11.3 Å². The molecule has 0 aliphatic carbocycles. The van der Waals surface area contributed by atoms with Crippen molar-refractivity contribution in [1.29, 1.82) is 0 Å². The number of amides is 1. The van der Waals surface area contributed by atoms with Crippen molar-refractivity contribution >= 4 is 52.1 Å². The third kappa shape index (κ3) is 2.95. The topological polar surface area (TPSA) is 66.4 Å². The molecule has 1 aromatic carbocycles. The van der Waals surface area contributed by atoms with E-state index in [-0.39, 0.29) is 15.5 Å². The number of carbonyl (C=O) groups excluding carboxylic acids is 1. The van der Waals surface area contributed by atoms with Crippen molar-refractivity contribution in [3.63, 3.8) is 0 Å². The molecule has 2 rings (SSSR count). The molecule has 7 heteroatoms. The Morgan fingerprint density at radius 2 is 2.00 bits per heavy atom. The van der Waals surface area contributed by atoms with Crippen LogP contribution in [0.4, 0.5) is 5.69 Å². The Labute approximate surface area is 128 Å². The van der Waals surface area contributed by atoms with Crippen LogP contribution in [0.5, 0.6) is 0 Å². The number of carbonyl (C=O) groups is 2. The molecule has 0 aliphatic heterocycles. The van der Waals surface area contributed by atoms with Gasteiger partial charge < -0.3 is 10.4 Å². The number of anilines is 1. The van der Waals surface area contributed by atoms with Gasteiger partial charge in [-0.05, 0) is 36.1 Å². The van der Waals surface area contributed by atoms with Crippen LogP contribution in [0.15, 0.2) is 23.6 Å². The Morgan fingerprint density at radius 1 is 1.30 bits per heavy atom. The van der Waals surface area contributed by atoms with Gasteiger partial charge in [-0.2, -0.15) is 0 Å². The third-order valence-corrected chi connectivity index (χ3v) is 4.22. The Hall–Kier alpha value is -1.56. The second-order valence-corrected chi connectivity index (χ2v) is 5.73. The van der Waals surface area contributed by atoms with Crippen LogP contribution in [0.25, 0.3) is 0 Å². The van der Waals surface area contributed by atoms with Crippen molar-refractivity contribution in [3.05, 3.63) is 49.6 Å². The van der Waals surface area contributed by atoms with Crippen LogP contribution in [0, 0.1) is 6.92 Å². The fourth-order valence-corrected chi connectivity index (χ4v) is 2.95. The summed E-state index contributed by atoms with van der Waals surface area (Å²) in [6, 6.07) is 4.49. The molecule has 2 aromatic rings. The van der Waals surface area contributed by atoms with Crippen LogP contribution < -0.4 is 5.32 Å². The number of nitrogens with one attached hydrogen (secondary N) is 1. The molecule has 0 bridgehead atoms. The lowest BCUT2D eigenvalue weighted by Crippen LogP contribution is -2.14. The predicted molar refractivity (Wildman–Crippen MR) is 80.4 cm³/mol. The summed E-state index contributed by atoms with van der Waals surface area (Å²) in [6.07, 6.45) is 0. The summed E-state index contributed by atoms with van der Waals surface area (Å²) >= 11 is 12.8. The van der Waals surface area contributed by atoms with Crippen molar-refractivity contribution in [2.45, 2.75) is 6.92 Å². The molecular formula is C13H9Cl2NO3S. The summed E-state index contributed by atoms with van der Waals surface area (Å²) in [6.45, 7) is 1.72. The lowest BCUT2D eigenvalue weighted by molar-refractivity contribution is 0.0703. The normalized spacial score (nSPS) is 10.3. The van der Waals surface area contributed by atoms with Crippen molar-refractivity contribution in [3.8, 4) is 0 Å². The third-order valence-electron chi connectivity index (χ3n) is 2.58. The highest BCUT2D eigenvalue weighted by atomic mass is 35.5. The molecule has 0 aliphatic rings. The minimum absolute atomic E-state index is 0.0842. The Morgan fingerprint density at radius 3 is 2.60 bits per heavy atom. The van der Waals surface area contributed by atoms with E-state index in [9.17, 15) is 9.59 Å². The van der Waals surface area contributed by atoms with Crippen LogP contribution in [-0.2, 0) is 0 Å². The van der Waals surface area contributed by atoms with Crippen molar-refractivity contribution < 1.29 is 14.7 Å². The number of carboxylic acid groups (broad SMARTS) is 1. The summed E-state index contributed by atoms with van der Waals surface area (Å²) in [5, 5.41) is 13.9. The molecule has 20 heavy (non-hydrogen) atoms. The smallest absolute Gasteiger partial charge is 0.348 e. The number of rotatable bonds is 3. The highest BCUT2D eigenvalue weighted by molar-refractivity contribution is 7.12. The second kappa shape index (κ2) is 5.83. The molecule has 4 nitrogen and oxygen atoms in total. The van der Waals surface area contributed by atoms with Crippen molar-refractivity contribution in [1.82, 2.24) is 0 Å². The van der Waals surface area contributed by atoms with E-state index in [4.69, 9.17) is 28.3 Å². The zero-order chi connectivity index (χ0) is 14.9. The molecule has 104 valence electrons. The number of carboxylic acids is 1. The molecule has 1 amide bonds. The molecule has 0 spiro atoms. The Kier molecular flexibility index (Phi) is 4.32. The molecule has 1 heterocycles. The molecule has 0 atom stereocenters. The van der Waals surface area contributed by atoms with Gasteiger partial charge in [0, 0.05) is 5.02 Å². The number of halogens is 2. The molecule has 1 aromatic heterocycles. The number of hydrogen-bond acceptors (Lipinski definition) is 3. The zero-order valence-electron chi connectivity index (χ0n) is 10.2. The first-order valence-corrected chi connectivity index (χ1v) is 7.11. The first kappa shape index (κ1) is 14.8. The first-order valence-electron chi connectivity index (χ1n) is 5.48. The average Bonchev–Trinajstić information content (AvgIpc) is 2.71. The van der Waals surface area contributed by atoms with E-state index < -0.39 is 11.9 Å². The predicted octanol–water partition coefficient (Wildman–Crippen LogP) is 4.31. The fourth-order valence-electron chi connectivity index (χ4n) is 1.61. The van der Waals surface area contributed by atoms with Crippen LogP contribution >= 0.6 is 34.5 Å². The highest BCUT2D eigenvalue weighted by Crippen LogP contribution is 2.29. The van der Waals surface area contributed by atoms with E-state index in [1.54, 1.807) is 18.4 Å². The Bertz CT molecular complexity index is 697. The van der Waals surface area contributed by atoms with Crippen LogP contribution in [0.2, 0.25) is 10.0 Å². The fraction of sp³-hybridized carbons (Fsp3) is 0.0769. The largest absolute Gasteiger partial charge is 0.477 e. The number of aryl methyl sites for hydroxylation is 1. The lowest BCUT2D eigenvalue weighted by Gasteiger charge is -2.08. The van der Waals surface area contributed by atoms with E-state index in [0.717, 1.165) is 11.3 Å². The summed E-state index contributed by atoms with van der Waals surface area (Å²) < 4.78 is 0. The van der Waals surface area contributed by atoms with E-state index in [2.05, 4.69) is 5.32 Å². The number of benzene rings is 1. The zero-order valence-corrected chi connectivity index (χ0v) is 12.6. The van der Waals surface area contributed by atoms with Gasteiger partial charge in [0.1, 0.15) is 4.88 Å². The van der Waals surface area contributed by atoms with Gasteiger partial charge >= 0.3 is 5.97 Å². The summed E-state index contributed by atoms with van der Waals surface area (Å²) in [7, 11) is 0. The molecule has 0 fully saturated rings. The quantitative estimate of drug-likeness (QED) is 0.881. The maximum atomic E-state index is 12.1. The van der Waals surface area contributed by atoms with Gasteiger partial charge in [-0.3, -0.25) is 4.79 Å². The second-order valence-electron chi connectivity index (χ2n) is 4.01. The number of aromatic carboxylic acids is 1. The van der Waals surface area contributed by atoms with E-state index in [1.807, 2.05) is 0 Å². The minimum atomic E-state index is -1.08. The molecule has 0 saturated heterocycles. The Balaban J connectivity index is 2.33. The molecule has 0 unspecified atom stereocenters. The molecule has 0 radical (unpaired) electrons. The van der Waals surface area contributed by atoms with Crippen molar-refractivity contribution in [2.75, 3.05) is 5.32 Å². The van der Waals surface area contributed by atoms with E-state index in [1.165, 1.54) is 12.1 Å². The van der Waals surface area contributed by atoms with Gasteiger partial charge in [0.25, 0.3) is 5.91 Å². The monoisotopic (exact) mass is 329 g/mol. The highest BCUT2D eigenvalue weighted by Gasteiger charge is 2.19. The molecule has 0 saturated carbocycles. The maximum Gasteiger partial charge on any atom is 0.348 e. The summed E-state index contributed by atoms with van der Waals surface area (Å²) in [4.78, 5) is 23.3. The summed E-state index contributed by atoms with van der Waals surface area (Å²) in [5.41, 5.74) is 1.21. The van der Waals surface area contributed by atoms with Gasteiger partial charge in [0.15, 0.2) is 0 Å². The number of hydrogen-bond donors (Lipinski definition) is 2. The first-order chi connectivity index (χ1) is 9.40. The lowest BCUT2D eigenvalue weighted by atomic mass is 10.2. The average molecular weight is 330 g/mol. The van der Waals surface area contributed by atoms with Gasteiger partial charge in [0.05, 0.1) is 16.3 Å². The summed E-state index contributed by atoms with van der Waals surface area (Å²) in [5.74, 6) is -1.56. The van der Waals surface area contributed by atoms with Crippen LogP contribution in [-0.4, -0.2) is 17.0 Å². The van der Waals surface area contributed by atoms with Gasteiger partial charge in [-0.1, -0.05) is 23.2 Å². The number of thiophene rings is 1. The van der Waals surface area contributed by atoms with E-state index >= 15 is 0 Å². The standard InChI is InChI=1S/C13H9Cl2NO3S/c1-6-5-20-11(13(18)19)10(6)16-12(17)8-3-2-7(14)4-9(8)15/h2-5H,1H3,(H,16,17)(H,18,19). The van der Waals surface area contributed by atoms with Crippen LogP contribution in [0.1, 0.15) is 25.6 Å². The minimum Gasteiger partial charge on any atom is -0.477 e. The van der Waals surface area contributed by atoms with Gasteiger partial charge in [0.2, 0.25) is 0 Å². The van der Waals surface area contributed by atoms with E-state index in [0.29, 0.717) is 16.3 Å². The SMILES string of the molecule is Cc1csc(C(=O)O)c1NC(=O)c1ccc(Cl)cc1Cl. The molecular weight excluding hydrogens is 321 g/mol. The maximum absolute atomic E-state index is 12.1. The van der Waals surface area contributed by atoms with Gasteiger partial charge in [-0.25, -0.2) is 4.79 Å².